The van der Waals surface area contributed by atoms with Crippen LogP contribution in [0.4, 0.5) is 0 Å². The van der Waals surface area contributed by atoms with Crippen LogP contribution >= 0.6 is 11.5 Å². The summed E-state index contributed by atoms with van der Waals surface area (Å²) in [4.78, 5) is 0. The van der Waals surface area contributed by atoms with Crippen LogP contribution in [0.15, 0.2) is 11.6 Å². The molecule has 0 saturated heterocycles. The third kappa shape index (κ3) is 4.84. The zero-order valence-corrected chi connectivity index (χ0v) is 16.0. The van der Waals surface area contributed by atoms with Gasteiger partial charge in [-0.05, 0) is 0 Å². The monoisotopic (exact) mass is 375 g/mol. The zero-order chi connectivity index (χ0) is 13.3. The number of unbranched alkanes of at least 4 members (excludes halogenated alkanes) is 3. The average Bonchev–Trinajstić information content (AvgIpc) is 2.93. The van der Waals surface area contributed by atoms with Crippen molar-refractivity contribution in [1.82, 2.24) is 4.37 Å². The number of nitrogens with zero attached hydrogens (tertiary/aromatic N) is 1. The van der Waals surface area contributed by atoms with E-state index in [1.807, 2.05) is 0 Å². The Labute approximate surface area is 121 Å². The van der Waals surface area contributed by atoms with Crippen molar-refractivity contribution in [2.24, 2.45) is 0 Å². The average molecular weight is 374 g/mol. The summed E-state index contributed by atoms with van der Waals surface area (Å²) >= 11 is -0.415. The first kappa shape index (κ1) is 16.5. The van der Waals surface area contributed by atoms with Gasteiger partial charge in [0.15, 0.2) is 0 Å². The summed E-state index contributed by atoms with van der Waals surface area (Å²) in [6.07, 6.45) is 10.6. The van der Waals surface area contributed by atoms with E-state index in [1.165, 1.54) is 38.5 Å². The Balaban J connectivity index is 2.84. The van der Waals surface area contributed by atoms with Crippen LogP contribution in [-0.2, 0) is 0 Å². The fraction of sp³-hybridized carbons (Fsp3) is 0.800. The molecule has 104 valence electrons. The summed E-state index contributed by atoms with van der Waals surface area (Å²) in [5.41, 5.74) is 0. The predicted molar refractivity (Wildman–Crippen MR) is 86.6 cm³/mol. The van der Waals surface area contributed by atoms with Gasteiger partial charge in [0.1, 0.15) is 0 Å². The van der Waals surface area contributed by atoms with Gasteiger partial charge in [-0.25, -0.2) is 0 Å². The molecule has 18 heavy (non-hydrogen) atoms. The van der Waals surface area contributed by atoms with Gasteiger partial charge < -0.3 is 0 Å². The summed E-state index contributed by atoms with van der Waals surface area (Å²) in [6, 6.07) is 0. The van der Waals surface area contributed by atoms with Crippen LogP contribution in [0.25, 0.3) is 0 Å². The Morgan fingerprint density at radius 1 is 0.944 bits per heavy atom. The quantitative estimate of drug-likeness (QED) is 0.513. The van der Waals surface area contributed by atoms with Crippen molar-refractivity contribution in [2.75, 3.05) is 0 Å². The first-order valence-electron chi connectivity index (χ1n) is 7.69. The topological polar surface area (TPSA) is 12.9 Å². The van der Waals surface area contributed by atoms with E-state index in [-0.39, 0.29) is 0 Å². The van der Waals surface area contributed by atoms with Gasteiger partial charge in [-0.15, -0.1) is 0 Å². The zero-order valence-electron chi connectivity index (χ0n) is 12.4. The van der Waals surface area contributed by atoms with E-state index in [0.717, 1.165) is 0 Å². The molecule has 0 spiro atoms. The molecule has 0 radical (unpaired) electrons. The molecule has 0 fully saturated rings. The molecular weight excluding hydrogens is 345 g/mol. The molecule has 0 atom stereocenters. The molecule has 1 nitrogen and oxygen atoms in total. The maximum atomic E-state index is 4.41. The third-order valence-corrected chi connectivity index (χ3v) is 20.8. The van der Waals surface area contributed by atoms with Crippen LogP contribution in [0.1, 0.15) is 59.3 Å². The molecule has 1 rings (SSSR count). The second-order valence-electron chi connectivity index (χ2n) is 5.50. The fourth-order valence-electron chi connectivity index (χ4n) is 2.82. The molecule has 0 aromatic carbocycles. The van der Waals surface area contributed by atoms with Crippen molar-refractivity contribution < 1.29 is 0 Å². The van der Waals surface area contributed by atoms with Crippen molar-refractivity contribution in [1.29, 1.82) is 0 Å². The van der Waals surface area contributed by atoms with E-state index in [1.54, 1.807) is 28.4 Å². The standard InChI is InChI=1S/3C4H9.C3H2NS.Sn/c3*1-3-4-2;1-2-4-5-3-1;/h3*1,3-4H2,2H3;2-3H;. The molecule has 0 aliphatic carbocycles. The number of aromatic nitrogens is 1. The van der Waals surface area contributed by atoms with Crippen molar-refractivity contribution >= 4 is 33.5 Å². The Bertz CT molecular complexity index is 276. The first-order chi connectivity index (χ1) is 8.79. The SMILES string of the molecule is CCC[CH2][Sn]([CH2]CCC)([CH2]CCC)[c]1cnsc1. The minimum atomic E-state index is -2.08. The van der Waals surface area contributed by atoms with E-state index >= 15 is 0 Å². The molecule has 0 bridgehead atoms. The Morgan fingerprint density at radius 2 is 1.44 bits per heavy atom. The molecule has 1 aromatic rings. The summed E-state index contributed by atoms with van der Waals surface area (Å²) in [5.74, 6) is 0. The van der Waals surface area contributed by atoms with Crippen LogP contribution in [0.3, 0.4) is 0 Å². The summed E-state index contributed by atoms with van der Waals surface area (Å²) in [6.45, 7) is 7.01. The van der Waals surface area contributed by atoms with Crippen LogP contribution in [0.2, 0.25) is 13.3 Å². The van der Waals surface area contributed by atoms with E-state index in [9.17, 15) is 0 Å². The van der Waals surface area contributed by atoms with Gasteiger partial charge in [-0.2, -0.15) is 0 Å². The number of hydrogen-bond acceptors (Lipinski definition) is 2. The van der Waals surface area contributed by atoms with Crippen molar-refractivity contribution in [2.45, 2.75) is 72.6 Å². The summed E-state index contributed by atoms with van der Waals surface area (Å²) in [7, 11) is 0. The second kappa shape index (κ2) is 9.35. The molecule has 0 unspecified atom stereocenters. The van der Waals surface area contributed by atoms with Gasteiger partial charge in [0.25, 0.3) is 0 Å². The van der Waals surface area contributed by atoms with Gasteiger partial charge in [0, 0.05) is 0 Å². The molecule has 0 saturated carbocycles. The molecule has 0 N–H and O–H groups in total. The fourth-order valence-corrected chi connectivity index (χ4v) is 20.7. The van der Waals surface area contributed by atoms with Crippen LogP contribution in [0, 0.1) is 0 Å². The van der Waals surface area contributed by atoms with E-state index in [2.05, 4.69) is 36.7 Å². The van der Waals surface area contributed by atoms with Gasteiger partial charge in [0.05, 0.1) is 0 Å². The van der Waals surface area contributed by atoms with Crippen molar-refractivity contribution in [3.8, 4) is 0 Å². The van der Waals surface area contributed by atoms with E-state index in [0.29, 0.717) is 0 Å². The summed E-state index contributed by atoms with van der Waals surface area (Å²) in [5, 5.41) is 2.39. The van der Waals surface area contributed by atoms with E-state index < -0.39 is 18.4 Å². The normalized spacial score (nSPS) is 11.9. The maximum absolute atomic E-state index is 4.41. The Kier molecular flexibility index (Phi) is 8.56. The van der Waals surface area contributed by atoms with Gasteiger partial charge in [-0.3, -0.25) is 0 Å². The molecule has 0 aliphatic heterocycles. The summed E-state index contributed by atoms with van der Waals surface area (Å²) < 4.78 is 10.8. The second-order valence-corrected chi connectivity index (χ2v) is 19.4. The van der Waals surface area contributed by atoms with Crippen LogP contribution in [-0.4, -0.2) is 22.8 Å². The van der Waals surface area contributed by atoms with Crippen molar-refractivity contribution in [3.63, 3.8) is 0 Å². The molecule has 3 heteroatoms. The predicted octanol–water partition coefficient (Wildman–Crippen LogP) is 5.20. The van der Waals surface area contributed by atoms with Gasteiger partial charge in [-0.1, -0.05) is 0 Å². The van der Waals surface area contributed by atoms with Crippen LogP contribution < -0.4 is 3.58 Å². The minimum absolute atomic E-state index is 1.36. The third-order valence-electron chi connectivity index (χ3n) is 4.07. The Morgan fingerprint density at radius 3 is 1.78 bits per heavy atom. The number of rotatable bonds is 10. The van der Waals surface area contributed by atoms with Crippen LogP contribution in [0.5, 0.6) is 0 Å². The van der Waals surface area contributed by atoms with Gasteiger partial charge in [0.2, 0.25) is 0 Å². The van der Waals surface area contributed by atoms with Crippen molar-refractivity contribution in [3.05, 3.63) is 11.6 Å². The molecule has 0 aliphatic rings. The van der Waals surface area contributed by atoms with E-state index in [4.69, 9.17) is 0 Å². The molecule has 0 amide bonds. The molecule has 1 heterocycles. The first-order valence-corrected chi connectivity index (χ1v) is 16.0. The number of hydrogen-bond donors (Lipinski definition) is 0. The van der Waals surface area contributed by atoms with Gasteiger partial charge >= 0.3 is 122 Å². The Hall–Kier alpha value is 0.429. The molecular formula is C15H29NSSn. The molecule has 1 aromatic heterocycles.